The Kier molecular flexibility index (Phi) is 7.78. The predicted octanol–water partition coefficient (Wildman–Crippen LogP) is 5.97. The summed E-state index contributed by atoms with van der Waals surface area (Å²) < 4.78 is 33.1. The predicted molar refractivity (Wildman–Crippen MR) is 135 cm³/mol. The van der Waals surface area contributed by atoms with Crippen molar-refractivity contribution in [2.75, 3.05) is 18.4 Å². The lowest BCUT2D eigenvalue weighted by molar-refractivity contribution is -0.120. The molecule has 178 valence electrons. The number of nitrogens with zero attached hydrogens (tertiary/aromatic N) is 1. The molecule has 1 aliphatic rings. The van der Waals surface area contributed by atoms with E-state index in [1.807, 2.05) is 42.5 Å². The van der Waals surface area contributed by atoms with Crippen LogP contribution in [-0.4, -0.2) is 31.7 Å². The third-order valence-electron chi connectivity index (χ3n) is 5.69. The Morgan fingerprint density at radius 2 is 1.65 bits per heavy atom. The molecule has 0 unspecified atom stereocenters. The second-order valence-electron chi connectivity index (χ2n) is 8.07. The van der Waals surface area contributed by atoms with Gasteiger partial charge in [-0.15, -0.1) is 0 Å². The van der Waals surface area contributed by atoms with E-state index in [-0.39, 0.29) is 30.7 Å². The van der Waals surface area contributed by atoms with Gasteiger partial charge < -0.3 is 10.1 Å². The number of piperidine rings is 1. The smallest absolute Gasteiger partial charge is 0.227 e. The minimum atomic E-state index is -3.57. The summed E-state index contributed by atoms with van der Waals surface area (Å²) in [5.74, 6) is 0.562. The highest BCUT2D eigenvalue weighted by Gasteiger charge is 2.31. The molecule has 1 N–H and O–H groups in total. The number of sulfonamides is 1. The van der Waals surface area contributed by atoms with Crippen molar-refractivity contribution >= 4 is 44.8 Å². The largest absolute Gasteiger partial charge is 0.455 e. The lowest BCUT2D eigenvalue weighted by Crippen LogP contribution is -2.41. The summed E-state index contributed by atoms with van der Waals surface area (Å²) >= 11 is 12.1. The fraction of sp³-hybridized carbons (Fsp3) is 0.240. The standard InChI is InChI=1S/C25H24Cl2N2O4S/c26-20-11-10-19(22(27)16-20)17-34(31,32)29-14-12-18(13-15-29)25(30)28-23-8-4-5-9-24(23)33-21-6-2-1-3-7-21/h1-11,16,18H,12-15,17H2,(H,28,30). The van der Waals surface area contributed by atoms with Gasteiger partial charge in [-0.1, -0.05) is 59.6 Å². The van der Waals surface area contributed by atoms with Crippen molar-refractivity contribution < 1.29 is 17.9 Å². The van der Waals surface area contributed by atoms with Gasteiger partial charge in [-0.05, 0) is 54.8 Å². The van der Waals surface area contributed by atoms with E-state index in [4.69, 9.17) is 27.9 Å². The fourth-order valence-corrected chi connectivity index (χ4v) is 5.98. The van der Waals surface area contributed by atoms with Crippen molar-refractivity contribution in [3.05, 3.63) is 88.4 Å². The van der Waals surface area contributed by atoms with Gasteiger partial charge in [-0.25, -0.2) is 12.7 Å². The highest BCUT2D eigenvalue weighted by molar-refractivity contribution is 7.88. The number of halogens is 2. The molecule has 0 saturated carbocycles. The van der Waals surface area contributed by atoms with Gasteiger partial charge >= 0.3 is 0 Å². The van der Waals surface area contributed by atoms with Crippen LogP contribution >= 0.6 is 23.2 Å². The molecule has 1 heterocycles. The SMILES string of the molecule is O=C(Nc1ccccc1Oc1ccccc1)C1CCN(S(=O)(=O)Cc2ccc(Cl)cc2Cl)CC1. The molecule has 1 amide bonds. The van der Waals surface area contributed by atoms with Crippen LogP contribution in [0.15, 0.2) is 72.8 Å². The number of amides is 1. The number of rotatable bonds is 7. The first-order valence-electron chi connectivity index (χ1n) is 10.9. The van der Waals surface area contributed by atoms with Gasteiger partial charge in [0.2, 0.25) is 15.9 Å². The molecular weight excluding hydrogens is 495 g/mol. The molecule has 9 heteroatoms. The van der Waals surface area contributed by atoms with Gasteiger partial charge in [0.1, 0.15) is 5.75 Å². The molecular formula is C25H24Cl2N2O4S. The molecule has 6 nitrogen and oxygen atoms in total. The molecule has 1 saturated heterocycles. The van der Waals surface area contributed by atoms with Crippen LogP contribution in [0.5, 0.6) is 11.5 Å². The number of benzene rings is 3. The molecule has 0 spiro atoms. The molecule has 4 rings (SSSR count). The molecule has 0 atom stereocenters. The summed E-state index contributed by atoms with van der Waals surface area (Å²) in [7, 11) is -3.57. The molecule has 1 fully saturated rings. The van der Waals surface area contributed by atoms with Crippen LogP contribution in [0.2, 0.25) is 10.0 Å². The summed E-state index contributed by atoms with van der Waals surface area (Å²) in [4.78, 5) is 12.9. The summed E-state index contributed by atoms with van der Waals surface area (Å²) in [5, 5.41) is 3.72. The second kappa shape index (κ2) is 10.8. The quantitative estimate of drug-likeness (QED) is 0.418. The Morgan fingerprint density at radius 1 is 0.971 bits per heavy atom. The van der Waals surface area contributed by atoms with Gasteiger partial charge in [0.25, 0.3) is 0 Å². The molecule has 0 radical (unpaired) electrons. The van der Waals surface area contributed by atoms with Crippen molar-refractivity contribution in [1.82, 2.24) is 4.31 Å². The number of hydrogen-bond donors (Lipinski definition) is 1. The summed E-state index contributed by atoms with van der Waals surface area (Å²) in [6.45, 7) is 0.543. The zero-order chi connectivity index (χ0) is 24.1. The van der Waals surface area contributed by atoms with E-state index in [1.165, 1.54) is 10.4 Å². The molecule has 0 bridgehead atoms. The van der Waals surface area contributed by atoms with Crippen molar-refractivity contribution in [2.24, 2.45) is 5.92 Å². The van der Waals surface area contributed by atoms with E-state index in [0.29, 0.717) is 45.6 Å². The van der Waals surface area contributed by atoms with Gasteiger partial charge in [-0.3, -0.25) is 4.79 Å². The van der Waals surface area contributed by atoms with Crippen molar-refractivity contribution in [3.8, 4) is 11.5 Å². The van der Waals surface area contributed by atoms with Crippen molar-refractivity contribution in [1.29, 1.82) is 0 Å². The number of carbonyl (C=O) groups is 1. The van der Waals surface area contributed by atoms with E-state index >= 15 is 0 Å². The van der Waals surface area contributed by atoms with Gasteiger partial charge in [0, 0.05) is 29.1 Å². The van der Waals surface area contributed by atoms with E-state index in [9.17, 15) is 13.2 Å². The normalized spacial score (nSPS) is 15.1. The summed E-state index contributed by atoms with van der Waals surface area (Å²) in [5.41, 5.74) is 1.07. The first kappa shape index (κ1) is 24.5. The van der Waals surface area contributed by atoms with E-state index in [2.05, 4.69) is 5.32 Å². The Bertz CT molecular complexity index is 1260. The molecule has 0 aromatic heterocycles. The average molecular weight is 519 g/mol. The van der Waals surface area contributed by atoms with E-state index < -0.39 is 10.0 Å². The maximum Gasteiger partial charge on any atom is 0.227 e. The maximum atomic E-state index is 12.9. The molecule has 3 aromatic rings. The minimum Gasteiger partial charge on any atom is -0.455 e. The van der Waals surface area contributed by atoms with Gasteiger partial charge in [0.05, 0.1) is 11.4 Å². The fourth-order valence-electron chi connectivity index (χ4n) is 3.83. The van der Waals surface area contributed by atoms with E-state index in [0.717, 1.165) is 0 Å². The third-order valence-corrected chi connectivity index (χ3v) is 8.10. The van der Waals surface area contributed by atoms with Gasteiger partial charge in [-0.2, -0.15) is 0 Å². The Balaban J connectivity index is 1.36. The lowest BCUT2D eigenvalue weighted by Gasteiger charge is -2.30. The van der Waals surface area contributed by atoms with E-state index in [1.54, 1.807) is 24.3 Å². The molecule has 0 aliphatic carbocycles. The van der Waals surface area contributed by atoms with Crippen molar-refractivity contribution in [2.45, 2.75) is 18.6 Å². The topological polar surface area (TPSA) is 75.7 Å². The first-order valence-corrected chi connectivity index (χ1v) is 13.2. The monoisotopic (exact) mass is 518 g/mol. The highest BCUT2D eigenvalue weighted by Crippen LogP contribution is 2.31. The Morgan fingerprint density at radius 3 is 2.35 bits per heavy atom. The maximum absolute atomic E-state index is 12.9. The number of hydrogen-bond acceptors (Lipinski definition) is 4. The van der Waals surface area contributed by atoms with Gasteiger partial charge in [0.15, 0.2) is 5.75 Å². The lowest BCUT2D eigenvalue weighted by atomic mass is 9.97. The number of carbonyl (C=O) groups excluding carboxylic acids is 1. The molecule has 1 aliphatic heterocycles. The third kappa shape index (κ3) is 6.10. The zero-order valence-corrected chi connectivity index (χ0v) is 20.6. The average Bonchev–Trinajstić information content (AvgIpc) is 2.83. The van der Waals surface area contributed by atoms with Crippen LogP contribution in [0.25, 0.3) is 0 Å². The number of nitrogens with one attached hydrogen (secondary N) is 1. The highest BCUT2D eigenvalue weighted by atomic mass is 35.5. The van der Waals surface area contributed by atoms with Crippen LogP contribution in [0.1, 0.15) is 18.4 Å². The minimum absolute atomic E-state index is 0.151. The molecule has 3 aromatic carbocycles. The Hall–Kier alpha value is -2.58. The van der Waals surface area contributed by atoms with Crippen LogP contribution < -0.4 is 10.1 Å². The van der Waals surface area contributed by atoms with Crippen LogP contribution in [0, 0.1) is 5.92 Å². The first-order chi connectivity index (χ1) is 16.3. The number of ether oxygens (including phenoxy) is 1. The van der Waals surface area contributed by atoms with Crippen LogP contribution in [-0.2, 0) is 20.6 Å². The summed E-state index contributed by atoms with van der Waals surface area (Å²) in [6, 6.07) is 21.3. The zero-order valence-electron chi connectivity index (χ0n) is 18.3. The number of para-hydroxylation sites is 3. The van der Waals surface area contributed by atoms with Crippen LogP contribution in [0.3, 0.4) is 0 Å². The number of anilines is 1. The van der Waals surface area contributed by atoms with Crippen molar-refractivity contribution in [3.63, 3.8) is 0 Å². The summed E-state index contributed by atoms with van der Waals surface area (Å²) in [6.07, 6.45) is 0.863. The molecule has 34 heavy (non-hydrogen) atoms. The Labute approximate surface area is 209 Å². The van der Waals surface area contributed by atoms with Crippen LogP contribution in [0.4, 0.5) is 5.69 Å². The second-order valence-corrected chi connectivity index (χ2v) is 10.9.